The number of ether oxygens (including phenoxy) is 1. The monoisotopic (exact) mass is 290 g/mol. The molecule has 1 aliphatic rings. The summed E-state index contributed by atoms with van der Waals surface area (Å²) in [7, 11) is 0. The summed E-state index contributed by atoms with van der Waals surface area (Å²) < 4.78 is 5.36. The number of rotatable bonds is 5. The van der Waals surface area contributed by atoms with E-state index in [1.54, 1.807) is 11.3 Å². The molecular weight excluding hydrogens is 272 g/mol. The molecule has 2 rings (SSSR count). The van der Waals surface area contributed by atoms with Gasteiger partial charge >= 0.3 is 0 Å². The van der Waals surface area contributed by atoms with Gasteiger partial charge in [0.2, 0.25) is 0 Å². The predicted molar refractivity (Wildman–Crippen MR) is 75.5 cm³/mol. The fourth-order valence-corrected chi connectivity index (χ4v) is 2.88. The topological polar surface area (TPSA) is 64.3 Å². The molecule has 1 amide bonds. The molecule has 0 bridgehead atoms. The second-order valence-electron chi connectivity index (χ2n) is 4.11. The van der Waals surface area contributed by atoms with Crippen molar-refractivity contribution in [2.24, 2.45) is 5.73 Å². The molecule has 0 saturated heterocycles. The number of hydrogen-bond donors (Lipinski definition) is 2. The summed E-state index contributed by atoms with van der Waals surface area (Å²) in [4.78, 5) is 13.9. The second kappa shape index (κ2) is 7.74. The van der Waals surface area contributed by atoms with Gasteiger partial charge in [-0.25, -0.2) is 0 Å². The van der Waals surface area contributed by atoms with Gasteiger partial charge in [-0.2, -0.15) is 0 Å². The highest BCUT2D eigenvalue weighted by molar-refractivity contribution is 7.14. The minimum absolute atomic E-state index is 0. The van der Waals surface area contributed by atoms with Gasteiger partial charge in [-0.3, -0.25) is 4.79 Å². The van der Waals surface area contributed by atoms with Gasteiger partial charge in [0.25, 0.3) is 5.91 Å². The normalized spacial score (nSPS) is 13.6. The summed E-state index contributed by atoms with van der Waals surface area (Å²) in [5.41, 5.74) is 6.57. The van der Waals surface area contributed by atoms with Crippen LogP contribution in [-0.2, 0) is 17.8 Å². The molecule has 2 heterocycles. The van der Waals surface area contributed by atoms with E-state index in [0.29, 0.717) is 19.7 Å². The van der Waals surface area contributed by atoms with E-state index in [1.165, 1.54) is 10.4 Å². The van der Waals surface area contributed by atoms with E-state index in [4.69, 9.17) is 10.5 Å². The zero-order valence-electron chi connectivity index (χ0n) is 10.2. The number of carbonyl (C=O) groups is 1. The number of unbranched alkanes of at least 4 members (excludes halogenated alkanes) is 1. The lowest BCUT2D eigenvalue weighted by Crippen LogP contribution is -2.24. The van der Waals surface area contributed by atoms with Crippen molar-refractivity contribution >= 4 is 29.7 Å². The highest BCUT2D eigenvalue weighted by atomic mass is 35.5. The number of carbonyl (C=O) groups excluding carboxylic acids is 1. The Kier molecular flexibility index (Phi) is 6.63. The molecule has 0 unspecified atom stereocenters. The summed E-state index contributed by atoms with van der Waals surface area (Å²) in [6, 6.07) is 1.96. The Bertz CT molecular complexity index is 372. The predicted octanol–water partition coefficient (Wildman–Crippen LogP) is 1.71. The summed E-state index contributed by atoms with van der Waals surface area (Å²) in [5, 5.41) is 2.92. The Morgan fingerprint density at radius 3 is 3.06 bits per heavy atom. The fourth-order valence-electron chi connectivity index (χ4n) is 1.82. The van der Waals surface area contributed by atoms with E-state index in [1.807, 2.05) is 6.07 Å². The molecule has 6 heteroatoms. The number of nitrogens with two attached hydrogens (primary N) is 1. The van der Waals surface area contributed by atoms with Crippen LogP contribution >= 0.6 is 23.7 Å². The van der Waals surface area contributed by atoms with Crippen LogP contribution in [0.3, 0.4) is 0 Å². The van der Waals surface area contributed by atoms with Crippen molar-refractivity contribution < 1.29 is 9.53 Å². The van der Waals surface area contributed by atoms with Gasteiger partial charge < -0.3 is 15.8 Å². The van der Waals surface area contributed by atoms with Crippen molar-refractivity contribution in [3.8, 4) is 0 Å². The molecule has 0 atom stereocenters. The summed E-state index contributed by atoms with van der Waals surface area (Å²) in [5.74, 6) is 0.0291. The lowest BCUT2D eigenvalue weighted by atomic mass is 10.2. The first-order chi connectivity index (χ1) is 8.31. The maximum atomic E-state index is 11.9. The SMILES string of the molecule is Cl.NCCCCNC(=O)c1cc2c(s1)CCOC2. The van der Waals surface area contributed by atoms with Crippen LogP contribution in [0.2, 0.25) is 0 Å². The summed E-state index contributed by atoms with van der Waals surface area (Å²) in [6.45, 7) is 2.80. The van der Waals surface area contributed by atoms with Crippen molar-refractivity contribution in [1.82, 2.24) is 5.32 Å². The Balaban J connectivity index is 0.00000162. The molecule has 0 fully saturated rings. The zero-order valence-corrected chi connectivity index (χ0v) is 11.9. The number of thiophene rings is 1. The molecule has 1 aromatic rings. The lowest BCUT2D eigenvalue weighted by Gasteiger charge is -2.10. The minimum Gasteiger partial charge on any atom is -0.376 e. The van der Waals surface area contributed by atoms with Crippen molar-refractivity contribution in [3.05, 3.63) is 21.4 Å². The molecule has 0 radical (unpaired) electrons. The van der Waals surface area contributed by atoms with E-state index in [9.17, 15) is 4.79 Å². The second-order valence-corrected chi connectivity index (χ2v) is 5.25. The van der Waals surface area contributed by atoms with Gasteiger partial charge in [0.15, 0.2) is 0 Å². The van der Waals surface area contributed by atoms with Gasteiger partial charge in [0.1, 0.15) is 0 Å². The molecule has 1 aliphatic heterocycles. The van der Waals surface area contributed by atoms with Crippen molar-refractivity contribution in [1.29, 1.82) is 0 Å². The number of fused-ring (bicyclic) bond motifs is 1. The van der Waals surface area contributed by atoms with Gasteiger partial charge in [-0.1, -0.05) is 0 Å². The maximum absolute atomic E-state index is 11.9. The number of halogens is 1. The average molecular weight is 291 g/mol. The Labute approximate surface area is 117 Å². The van der Waals surface area contributed by atoms with Crippen LogP contribution in [0.15, 0.2) is 6.07 Å². The van der Waals surface area contributed by atoms with E-state index in [-0.39, 0.29) is 18.3 Å². The van der Waals surface area contributed by atoms with Gasteiger partial charge in [0, 0.05) is 17.8 Å². The van der Waals surface area contributed by atoms with E-state index in [0.717, 1.165) is 30.7 Å². The molecule has 4 nitrogen and oxygen atoms in total. The molecular formula is C12H19ClN2O2S. The number of amides is 1. The van der Waals surface area contributed by atoms with Crippen LogP contribution in [0, 0.1) is 0 Å². The van der Waals surface area contributed by atoms with E-state index in [2.05, 4.69) is 5.32 Å². The van der Waals surface area contributed by atoms with Gasteiger partial charge in [0.05, 0.1) is 18.1 Å². The van der Waals surface area contributed by atoms with Crippen LogP contribution in [0.25, 0.3) is 0 Å². The van der Waals surface area contributed by atoms with Crippen LogP contribution in [0.5, 0.6) is 0 Å². The molecule has 0 spiro atoms. The molecule has 0 aliphatic carbocycles. The highest BCUT2D eigenvalue weighted by Gasteiger charge is 2.17. The quantitative estimate of drug-likeness (QED) is 0.812. The van der Waals surface area contributed by atoms with E-state index >= 15 is 0 Å². The van der Waals surface area contributed by atoms with Gasteiger partial charge in [-0.15, -0.1) is 23.7 Å². The largest absolute Gasteiger partial charge is 0.376 e. The zero-order chi connectivity index (χ0) is 12.1. The first-order valence-electron chi connectivity index (χ1n) is 5.99. The third-order valence-corrected chi connectivity index (χ3v) is 4.00. The summed E-state index contributed by atoms with van der Waals surface area (Å²) in [6.07, 6.45) is 2.83. The Morgan fingerprint density at radius 2 is 2.33 bits per heavy atom. The maximum Gasteiger partial charge on any atom is 0.261 e. The average Bonchev–Trinajstić information content (AvgIpc) is 2.78. The Morgan fingerprint density at radius 1 is 1.50 bits per heavy atom. The van der Waals surface area contributed by atoms with Crippen molar-refractivity contribution in [2.75, 3.05) is 19.7 Å². The minimum atomic E-state index is 0. The molecule has 3 N–H and O–H groups in total. The third kappa shape index (κ3) is 3.95. The lowest BCUT2D eigenvalue weighted by molar-refractivity contribution is 0.0956. The van der Waals surface area contributed by atoms with Crippen LogP contribution < -0.4 is 11.1 Å². The molecule has 102 valence electrons. The number of hydrogen-bond acceptors (Lipinski definition) is 4. The van der Waals surface area contributed by atoms with Crippen molar-refractivity contribution in [3.63, 3.8) is 0 Å². The van der Waals surface area contributed by atoms with Gasteiger partial charge in [-0.05, 0) is 31.0 Å². The fraction of sp³-hybridized carbons (Fsp3) is 0.583. The highest BCUT2D eigenvalue weighted by Crippen LogP contribution is 2.26. The van der Waals surface area contributed by atoms with Crippen molar-refractivity contribution in [2.45, 2.75) is 25.9 Å². The standard InChI is InChI=1S/C12H18N2O2S.ClH/c13-4-1-2-5-14-12(15)11-7-9-8-16-6-3-10(9)17-11;/h7H,1-6,8,13H2,(H,14,15);1H. The third-order valence-electron chi connectivity index (χ3n) is 2.77. The summed E-state index contributed by atoms with van der Waals surface area (Å²) >= 11 is 1.59. The molecule has 0 aromatic carbocycles. The molecule has 1 aromatic heterocycles. The first-order valence-corrected chi connectivity index (χ1v) is 6.80. The van der Waals surface area contributed by atoms with Crippen LogP contribution in [0.1, 0.15) is 33.0 Å². The Hall–Kier alpha value is -0.620. The van der Waals surface area contributed by atoms with E-state index < -0.39 is 0 Å². The molecule has 18 heavy (non-hydrogen) atoms. The van der Waals surface area contributed by atoms with Crippen LogP contribution in [0.4, 0.5) is 0 Å². The molecule has 0 saturated carbocycles. The number of nitrogens with one attached hydrogen (secondary N) is 1. The smallest absolute Gasteiger partial charge is 0.261 e. The first kappa shape index (κ1) is 15.4. The van der Waals surface area contributed by atoms with Crippen LogP contribution in [-0.4, -0.2) is 25.6 Å².